The summed E-state index contributed by atoms with van der Waals surface area (Å²) in [7, 11) is 0. The number of Topliss-reactive ketones (excluding diaryl/α,β-unsaturated/α-hetero) is 1. The molecule has 1 atom stereocenters. The van der Waals surface area contributed by atoms with E-state index in [1.165, 1.54) is 0 Å². The van der Waals surface area contributed by atoms with Crippen molar-refractivity contribution in [3.05, 3.63) is 0 Å². The highest BCUT2D eigenvalue weighted by atomic mass is 16.2. The zero-order chi connectivity index (χ0) is 11.7. The quantitative estimate of drug-likeness (QED) is 0.472. The Bertz CT molecular complexity index is 202. The molecule has 0 aromatic heterocycles. The summed E-state index contributed by atoms with van der Waals surface area (Å²) in [6.07, 6.45) is 6.03. The predicted octanol–water partition coefficient (Wildman–Crippen LogP) is 2.43. The van der Waals surface area contributed by atoms with Crippen LogP contribution in [0.2, 0.25) is 0 Å². The molecule has 88 valence electrons. The van der Waals surface area contributed by atoms with Gasteiger partial charge >= 0.3 is 0 Å². The van der Waals surface area contributed by atoms with Crippen molar-refractivity contribution in [2.24, 2.45) is 11.7 Å². The second-order valence-corrected chi connectivity index (χ2v) is 4.02. The zero-order valence-corrected chi connectivity index (χ0v) is 9.92. The summed E-state index contributed by atoms with van der Waals surface area (Å²) >= 11 is 0. The van der Waals surface area contributed by atoms with Gasteiger partial charge in [-0.1, -0.05) is 39.5 Å². The Hall–Kier alpha value is -0.860. The molecule has 0 aliphatic heterocycles. The fraction of sp³-hybridized carbons (Fsp3) is 0.833. The largest absolute Gasteiger partial charge is 0.369 e. The van der Waals surface area contributed by atoms with E-state index in [0.29, 0.717) is 12.8 Å². The Labute approximate surface area is 92.4 Å². The third kappa shape index (κ3) is 6.26. The summed E-state index contributed by atoms with van der Waals surface area (Å²) in [4.78, 5) is 22.7. The molecular weight excluding hydrogens is 190 g/mol. The Morgan fingerprint density at radius 3 is 2.13 bits per heavy atom. The van der Waals surface area contributed by atoms with E-state index in [4.69, 9.17) is 5.73 Å². The summed E-state index contributed by atoms with van der Waals surface area (Å²) < 4.78 is 0. The molecule has 0 aromatic carbocycles. The maximum atomic E-state index is 11.7. The van der Waals surface area contributed by atoms with Gasteiger partial charge in [-0.3, -0.25) is 9.59 Å². The number of unbranched alkanes of at least 4 members (excludes halogenated alkanes) is 3. The Kier molecular flexibility index (Phi) is 7.96. The van der Waals surface area contributed by atoms with Crippen molar-refractivity contribution in [2.75, 3.05) is 0 Å². The molecule has 1 amide bonds. The first kappa shape index (κ1) is 14.1. The third-order valence-corrected chi connectivity index (χ3v) is 2.61. The van der Waals surface area contributed by atoms with Crippen molar-refractivity contribution in [3.8, 4) is 0 Å². The summed E-state index contributed by atoms with van der Waals surface area (Å²) in [5.74, 6) is -0.962. The second kappa shape index (κ2) is 8.45. The summed E-state index contributed by atoms with van der Waals surface area (Å²) in [5.41, 5.74) is 5.22. The molecule has 0 saturated heterocycles. The van der Waals surface area contributed by atoms with Crippen LogP contribution in [0.15, 0.2) is 0 Å². The summed E-state index contributed by atoms with van der Waals surface area (Å²) in [6, 6.07) is 0. The highest BCUT2D eigenvalue weighted by molar-refractivity contribution is 6.00. The Morgan fingerprint density at radius 2 is 1.67 bits per heavy atom. The lowest BCUT2D eigenvalue weighted by atomic mass is 9.93. The predicted molar refractivity (Wildman–Crippen MR) is 61.4 cm³/mol. The van der Waals surface area contributed by atoms with Crippen LogP contribution in [-0.2, 0) is 9.59 Å². The van der Waals surface area contributed by atoms with E-state index < -0.39 is 11.8 Å². The van der Waals surface area contributed by atoms with Crippen molar-refractivity contribution in [3.63, 3.8) is 0 Å². The first-order chi connectivity index (χ1) is 7.13. The molecule has 0 aromatic rings. The van der Waals surface area contributed by atoms with E-state index in [1.54, 1.807) is 0 Å². The van der Waals surface area contributed by atoms with Crippen LogP contribution >= 0.6 is 0 Å². The highest BCUT2D eigenvalue weighted by Crippen LogP contribution is 2.13. The second-order valence-electron chi connectivity index (χ2n) is 4.02. The fourth-order valence-electron chi connectivity index (χ4n) is 1.59. The van der Waals surface area contributed by atoms with Gasteiger partial charge in [-0.2, -0.15) is 0 Å². The van der Waals surface area contributed by atoms with Crippen LogP contribution in [0.5, 0.6) is 0 Å². The summed E-state index contributed by atoms with van der Waals surface area (Å²) in [5, 5.41) is 0. The fourth-order valence-corrected chi connectivity index (χ4v) is 1.59. The summed E-state index contributed by atoms with van der Waals surface area (Å²) in [6.45, 7) is 4.13. The van der Waals surface area contributed by atoms with Crippen molar-refractivity contribution >= 4 is 11.7 Å². The van der Waals surface area contributed by atoms with E-state index in [0.717, 1.165) is 32.1 Å². The maximum absolute atomic E-state index is 11.7. The van der Waals surface area contributed by atoms with Gasteiger partial charge in [0.05, 0.1) is 5.92 Å². The molecular formula is C12H23NO2. The number of hydrogen-bond donors (Lipinski definition) is 1. The first-order valence-corrected chi connectivity index (χ1v) is 5.95. The molecule has 0 aliphatic rings. The molecule has 0 bridgehead atoms. The van der Waals surface area contributed by atoms with Gasteiger partial charge in [-0.05, 0) is 12.8 Å². The minimum Gasteiger partial charge on any atom is -0.369 e. The van der Waals surface area contributed by atoms with Crippen LogP contribution in [0.4, 0.5) is 0 Å². The highest BCUT2D eigenvalue weighted by Gasteiger charge is 2.22. The number of primary amides is 1. The Balaban J connectivity index is 3.99. The van der Waals surface area contributed by atoms with E-state index in [2.05, 4.69) is 6.92 Å². The molecule has 0 radical (unpaired) electrons. The molecule has 2 N–H and O–H groups in total. The molecule has 0 aliphatic carbocycles. The molecule has 1 unspecified atom stereocenters. The molecule has 3 heteroatoms. The average molecular weight is 213 g/mol. The van der Waals surface area contributed by atoms with Gasteiger partial charge in [0.15, 0.2) is 0 Å². The van der Waals surface area contributed by atoms with Crippen LogP contribution in [0.1, 0.15) is 58.8 Å². The van der Waals surface area contributed by atoms with Crippen LogP contribution in [0.3, 0.4) is 0 Å². The standard InChI is InChI=1S/C12H23NO2/c1-3-5-7-9-11(14)10(12(13)15)8-6-4-2/h10H,3-9H2,1-2H3,(H2,13,15). The van der Waals surface area contributed by atoms with Gasteiger partial charge < -0.3 is 5.73 Å². The topological polar surface area (TPSA) is 60.2 Å². The van der Waals surface area contributed by atoms with Crippen molar-refractivity contribution in [1.82, 2.24) is 0 Å². The van der Waals surface area contributed by atoms with Crippen molar-refractivity contribution in [1.29, 1.82) is 0 Å². The normalized spacial score (nSPS) is 12.4. The maximum Gasteiger partial charge on any atom is 0.227 e. The van der Waals surface area contributed by atoms with Gasteiger partial charge in [0.1, 0.15) is 5.78 Å². The van der Waals surface area contributed by atoms with Crippen LogP contribution in [-0.4, -0.2) is 11.7 Å². The van der Waals surface area contributed by atoms with Gasteiger partial charge in [0.2, 0.25) is 5.91 Å². The van der Waals surface area contributed by atoms with Crippen LogP contribution in [0, 0.1) is 5.92 Å². The number of nitrogens with two attached hydrogens (primary N) is 1. The number of ketones is 1. The minimum atomic E-state index is -0.540. The molecule has 0 heterocycles. The third-order valence-electron chi connectivity index (χ3n) is 2.61. The van der Waals surface area contributed by atoms with E-state index in [1.807, 2.05) is 6.92 Å². The number of hydrogen-bond acceptors (Lipinski definition) is 2. The monoisotopic (exact) mass is 213 g/mol. The van der Waals surface area contributed by atoms with Gasteiger partial charge in [0.25, 0.3) is 0 Å². The number of amides is 1. The number of carbonyl (C=O) groups is 2. The van der Waals surface area contributed by atoms with Crippen molar-refractivity contribution in [2.45, 2.75) is 58.8 Å². The van der Waals surface area contributed by atoms with Crippen LogP contribution in [0.25, 0.3) is 0 Å². The van der Waals surface area contributed by atoms with Gasteiger partial charge in [0, 0.05) is 6.42 Å². The lowest BCUT2D eigenvalue weighted by Gasteiger charge is -2.11. The zero-order valence-electron chi connectivity index (χ0n) is 9.92. The number of carbonyl (C=O) groups excluding carboxylic acids is 2. The number of rotatable bonds is 9. The smallest absolute Gasteiger partial charge is 0.227 e. The van der Waals surface area contributed by atoms with Crippen LogP contribution < -0.4 is 5.73 Å². The molecule has 0 rings (SSSR count). The molecule has 0 spiro atoms. The van der Waals surface area contributed by atoms with E-state index >= 15 is 0 Å². The SMILES string of the molecule is CCCCCC(=O)C(CCCC)C(N)=O. The minimum absolute atomic E-state index is 0.0319. The van der Waals surface area contributed by atoms with Gasteiger partial charge in [-0.15, -0.1) is 0 Å². The Morgan fingerprint density at radius 1 is 1.07 bits per heavy atom. The van der Waals surface area contributed by atoms with Gasteiger partial charge in [-0.25, -0.2) is 0 Å². The molecule has 0 saturated carbocycles. The molecule has 15 heavy (non-hydrogen) atoms. The van der Waals surface area contributed by atoms with E-state index in [9.17, 15) is 9.59 Å². The lowest BCUT2D eigenvalue weighted by Crippen LogP contribution is -2.30. The van der Waals surface area contributed by atoms with Crippen molar-refractivity contribution < 1.29 is 9.59 Å². The average Bonchev–Trinajstić information content (AvgIpc) is 2.18. The molecule has 0 fully saturated rings. The van der Waals surface area contributed by atoms with E-state index in [-0.39, 0.29) is 5.78 Å². The molecule has 3 nitrogen and oxygen atoms in total. The lowest BCUT2D eigenvalue weighted by molar-refractivity contribution is -0.132. The first-order valence-electron chi connectivity index (χ1n) is 5.95.